The van der Waals surface area contributed by atoms with Crippen molar-refractivity contribution < 1.29 is 9.47 Å². The van der Waals surface area contributed by atoms with Crippen molar-refractivity contribution in [3.63, 3.8) is 0 Å². The van der Waals surface area contributed by atoms with Crippen LogP contribution in [0.4, 0.5) is 0 Å². The van der Waals surface area contributed by atoms with E-state index in [9.17, 15) is 0 Å². The molecule has 1 heterocycles. The molecule has 1 aromatic carbocycles. The topological polar surface area (TPSA) is 44.2 Å². The maximum Gasteiger partial charge on any atom is 0.166 e. The van der Waals surface area contributed by atoms with Crippen LogP contribution in [-0.4, -0.2) is 24.2 Å². The fraction of sp³-hybridized carbons (Fsp3) is 0.286. The first kappa shape index (κ1) is 14.9. The maximum atomic E-state index is 6.15. The average Bonchev–Trinajstić information content (AvgIpc) is 2.46. The fourth-order valence-corrected chi connectivity index (χ4v) is 2.49. The molecule has 106 valence electrons. The van der Waals surface area contributed by atoms with E-state index in [2.05, 4.69) is 9.97 Å². The lowest BCUT2D eigenvalue weighted by molar-refractivity contribution is 0.404. The molecule has 0 atom stereocenters. The summed E-state index contributed by atoms with van der Waals surface area (Å²) in [5, 5.41) is 0.708. The molecule has 0 aliphatic heterocycles. The summed E-state index contributed by atoms with van der Waals surface area (Å²) < 4.78 is 10.5. The monoisotopic (exact) mass is 312 g/mol. The van der Waals surface area contributed by atoms with E-state index in [0.29, 0.717) is 39.6 Å². The lowest BCUT2D eigenvalue weighted by Gasteiger charge is -2.11. The Morgan fingerprint density at radius 1 is 1.05 bits per heavy atom. The van der Waals surface area contributed by atoms with Crippen molar-refractivity contribution in [3.8, 4) is 22.9 Å². The molecule has 4 nitrogen and oxygen atoms in total. The molecule has 0 aliphatic rings. The molecule has 6 heteroatoms. The highest BCUT2D eigenvalue weighted by Gasteiger charge is 2.15. The van der Waals surface area contributed by atoms with Gasteiger partial charge in [-0.2, -0.15) is 0 Å². The van der Waals surface area contributed by atoms with E-state index in [-0.39, 0.29) is 0 Å². The number of rotatable bonds is 4. The number of nitrogens with zero attached hydrogens (tertiary/aromatic N) is 2. The molecular formula is C14H14Cl2N2O2. The highest BCUT2D eigenvalue weighted by Crippen LogP contribution is 2.33. The summed E-state index contributed by atoms with van der Waals surface area (Å²) >= 11 is 12.3. The van der Waals surface area contributed by atoms with Gasteiger partial charge >= 0.3 is 0 Å². The predicted octanol–water partition coefficient (Wildman–Crippen LogP) is 4.03. The number of halogens is 2. The number of benzene rings is 1. The van der Waals surface area contributed by atoms with Crippen molar-refractivity contribution in [2.75, 3.05) is 14.2 Å². The van der Waals surface area contributed by atoms with E-state index in [4.69, 9.17) is 32.7 Å². The summed E-state index contributed by atoms with van der Waals surface area (Å²) in [7, 11) is 3.17. The van der Waals surface area contributed by atoms with Gasteiger partial charge in [0.2, 0.25) is 0 Å². The van der Waals surface area contributed by atoms with E-state index >= 15 is 0 Å². The summed E-state index contributed by atoms with van der Waals surface area (Å²) in [5.74, 6) is 1.71. The zero-order chi connectivity index (χ0) is 14.7. The van der Waals surface area contributed by atoms with Gasteiger partial charge in [-0.1, -0.05) is 30.1 Å². The summed E-state index contributed by atoms with van der Waals surface area (Å²) in [6.07, 6.45) is 0.674. The summed E-state index contributed by atoms with van der Waals surface area (Å²) in [6.45, 7) is 1.95. The van der Waals surface area contributed by atoms with Crippen LogP contribution in [0.15, 0.2) is 18.2 Å². The third kappa shape index (κ3) is 2.81. The minimum atomic E-state index is 0.354. The van der Waals surface area contributed by atoms with Gasteiger partial charge in [-0.05, 0) is 24.6 Å². The minimum Gasteiger partial charge on any atom is -0.497 e. The second-order valence-corrected chi connectivity index (χ2v) is 4.74. The SMILES string of the molecule is CCc1c(Cl)nc(-c2cc(OC)ccc2OC)nc1Cl. The summed E-state index contributed by atoms with van der Waals surface area (Å²) in [5.41, 5.74) is 1.41. The van der Waals surface area contributed by atoms with Crippen LogP contribution in [0.2, 0.25) is 10.3 Å². The molecular weight excluding hydrogens is 299 g/mol. The van der Waals surface area contributed by atoms with Gasteiger partial charge in [0.05, 0.1) is 19.8 Å². The Morgan fingerprint density at radius 2 is 1.70 bits per heavy atom. The van der Waals surface area contributed by atoms with Crippen molar-refractivity contribution in [3.05, 3.63) is 34.1 Å². The van der Waals surface area contributed by atoms with E-state index < -0.39 is 0 Å². The average molecular weight is 313 g/mol. The highest BCUT2D eigenvalue weighted by molar-refractivity contribution is 6.34. The van der Waals surface area contributed by atoms with Crippen molar-refractivity contribution >= 4 is 23.2 Å². The normalized spacial score (nSPS) is 10.4. The van der Waals surface area contributed by atoms with Crippen LogP contribution in [0.3, 0.4) is 0 Å². The molecule has 2 aromatic rings. The molecule has 0 amide bonds. The van der Waals surface area contributed by atoms with Crippen molar-refractivity contribution in [2.45, 2.75) is 13.3 Å². The van der Waals surface area contributed by atoms with E-state index in [1.165, 1.54) is 0 Å². The lowest BCUT2D eigenvalue weighted by Crippen LogP contribution is -1.98. The highest BCUT2D eigenvalue weighted by atomic mass is 35.5. The van der Waals surface area contributed by atoms with Gasteiger partial charge < -0.3 is 9.47 Å². The zero-order valence-corrected chi connectivity index (χ0v) is 12.9. The first-order chi connectivity index (χ1) is 9.60. The second kappa shape index (κ2) is 6.29. The van der Waals surface area contributed by atoms with Gasteiger partial charge in [0.15, 0.2) is 5.82 Å². The van der Waals surface area contributed by atoms with E-state index in [1.54, 1.807) is 32.4 Å². The molecule has 0 radical (unpaired) electrons. The molecule has 0 spiro atoms. The minimum absolute atomic E-state index is 0.354. The predicted molar refractivity (Wildman–Crippen MR) is 80.0 cm³/mol. The number of aromatic nitrogens is 2. The number of hydrogen-bond donors (Lipinski definition) is 0. The van der Waals surface area contributed by atoms with Crippen molar-refractivity contribution in [1.82, 2.24) is 9.97 Å². The number of methoxy groups -OCH3 is 2. The molecule has 0 fully saturated rings. The molecule has 0 saturated carbocycles. The van der Waals surface area contributed by atoms with Gasteiger partial charge in [-0.25, -0.2) is 9.97 Å². The third-order valence-corrected chi connectivity index (χ3v) is 3.53. The fourth-order valence-electron chi connectivity index (χ4n) is 1.83. The van der Waals surface area contributed by atoms with Gasteiger partial charge in [-0.15, -0.1) is 0 Å². The summed E-state index contributed by atoms with van der Waals surface area (Å²) in [6, 6.07) is 5.37. The molecule has 0 unspecified atom stereocenters. The van der Waals surface area contributed by atoms with Gasteiger partial charge in [0.1, 0.15) is 21.8 Å². The first-order valence-electron chi connectivity index (χ1n) is 6.05. The largest absolute Gasteiger partial charge is 0.497 e. The maximum absolute atomic E-state index is 6.15. The zero-order valence-electron chi connectivity index (χ0n) is 11.4. The lowest BCUT2D eigenvalue weighted by atomic mass is 10.1. The standard InChI is InChI=1S/C14H14Cl2N2O2/c1-4-9-12(15)17-14(18-13(9)16)10-7-8(19-2)5-6-11(10)20-3/h5-7H,4H2,1-3H3. The molecule has 0 bridgehead atoms. The van der Waals surface area contributed by atoms with E-state index in [0.717, 1.165) is 5.56 Å². The smallest absolute Gasteiger partial charge is 0.166 e. The summed E-state index contributed by atoms with van der Waals surface area (Å²) in [4.78, 5) is 8.59. The van der Waals surface area contributed by atoms with Gasteiger partial charge in [0.25, 0.3) is 0 Å². The Morgan fingerprint density at radius 3 is 2.20 bits per heavy atom. The van der Waals surface area contributed by atoms with Crippen molar-refractivity contribution in [1.29, 1.82) is 0 Å². The molecule has 2 rings (SSSR count). The van der Waals surface area contributed by atoms with Crippen LogP contribution < -0.4 is 9.47 Å². The van der Waals surface area contributed by atoms with Crippen LogP contribution in [0.1, 0.15) is 12.5 Å². The number of hydrogen-bond acceptors (Lipinski definition) is 4. The van der Waals surface area contributed by atoms with Crippen LogP contribution >= 0.6 is 23.2 Å². The van der Waals surface area contributed by atoms with Crippen LogP contribution in [0, 0.1) is 0 Å². The quantitative estimate of drug-likeness (QED) is 0.799. The van der Waals surface area contributed by atoms with Crippen LogP contribution in [0.5, 0.6) is 11.5 Å². The Labute approximate surface area is 127 Å². The van der Waals surface area contributed by atoms with E-state index in [1.807, 2.05) is 6.92 Å². The molecule has 0 saturated heterocycles. The third-order valence-electron chi connectivity index (χ3n) is 2.91. The number of ether oxygens (including phenoxy) is 2. The Kier molecular flexibility index (Phi) is 4.68. The van der Waals surface area contributed by atoms with Crippen LogP contribution in [0.25, 0.3) is 11.4 Å². The molecule has 0 aliphatic carbocycles. The van der Waals surface area contributed by atoms with Crippen molar-refractivity contribution in [2.24, 2.45) is 0 Å². The Hall–Kier alpha value is -1.52. The second-order valence-electron chi connectivity index (χ2n) is 4.03. The van der Waals surface area contributed by atoms with Gasteiger partial charge in [0, 0.05) is 5.56 Å². The van der Waals surface area contributed by atoms with Gasteiger partial charge in [-0.3, -0.25) is 0 Å². The van der Waals surface area contributed by atoms with Crippen LogP contribution in [-0.2, 0) is 6.42 Å². The first-order valence-corrected chi connectivity index (χ1v) is 6.80. The molecule has 1 aromatic heterocycles. The Balaban J connectivity index is 2.61. The Bertz CT molecular complexity index is 610. The molecule has 0 N–H and O–H groups in total. The molecule has 20 heavy (non-hydrogen) atoms.